The van der Waals surface area contributed by atoms with Gasteiger partial charge in [-0.15, -0.1) is 0 Å². The van der Waals surface area contributed by atoms with Crippen molar-refractivity contribution in [3.8, 4) is 10.4 Å². The van der Waals surface area contributed by atoms with E-state index in [0.717, 1.165) is 15.7 Å². The third-order valence-electron chi connectivity index (χ3n) is 4.86. The van der Waals surface area contributed by atoms with Gasteiger partial charge in [0.05, 0.1) is 27.0 Å². The lowest BCUT2D eigenvalue weighted by Crippen LogP contribution is -2.21. The van der Waals surface area contributed by atoms with Crippen LogP contribution in [0.25, 0.3) is 10.4 Å². The highest BCUT2D eigenvalue weighted by molar-refractivity contribution is 7.92. The maximum Gasteiger partial charge on any atom is 0.263 e. The van der Waals surface area contributed by atoms with Gasteiger partial charge in [0.2, 0.25) is 0 Å². The number of pyridine rings is 1. The molecule has 1 aromatic carbocycles. The molecule has 0 amide bonds. The van der Waals surface area contributed by atoms with Crippen LogP contribution in [-0.4, -0.2) is 24.4 Å². The average Bonchev–Trinajstić information content (AvgIpc) is 3.03. The molecule has 2 aromatic heterocycles. The van der Waals surface area contributed by atoms with E-state index in [1.54, 1.807) is 43.5 Å². The monoisotopic (exact) mass is 464 g/mol. The van der Waals surface area contributed by atoms with Crippen molar-refractivity contribution in [3.05, 3.63) is 52.9 Å². The summed E-state index contributed by atoms with van der Waals surface area (Å²) < 4.78 is 28.6. The third kappa shape index (κ3) is 4.94. The lowest BCUT2D eigenvalue weighted by molar-refractivity contribution is 0.559. The molecule has 2 heterocycles. The summed E-state index contributed by atoms with van der Waals surface area (Å²) in [6.07, 6.45) is 1.68. The molecule has 30 heavy (non-hydrogen) atoms. The van der Waals surface area contributed by atoms with Gasteiger partial charge in [-0.3, -0.25) is 9.71 Å². The predicted octanol–water partition coefficient (Wildman–Crippen LogP) is 5.73. The normalized spacial score (nSPS) is 12.8. The number of thiazole rings is 1. The van der Waals surface area contributed by atoms with Gasteiger partial charge < -0.3 is 5.32 Å². The summed E-state index contributed by atoms with van der Waals surface area (Å²) in [6.45, 7) is 9.98. The summed E-state index contributed by atoms with van der Waals surface area (Å²) in [4.78, 5) is 9.93. The Bertz CT molecular complexity index is 1160. The highest BCUT2D eigenvalue weighted by atomic mass is 35.5. The Hall–Kier alpha value is -2.16. The SMILES string of the molecule is Cc1ncc(-c2sc(NC(C)C(C)C)nc2C)cc1S(=O)(=O)Nc1ccccc1Cl. The highest BCUT2D eigenvalue weighted by Crippen LogP contribution is 2.35. The molecule has 0 spiro atoms. The van der Waals surface area contributed by atoms with Gasteiger partial charge in [0.1, 0.15) is 4.90 Å². The molecule has 160 valence electrons. The molecule has 3 aromatic rings. The van der Waals surface area contributed by atoms with E-state index in [4.69, 9.17) is 11.6 Å². The third-order valence-corrected chi connectivity index (χ3v) is 7.81. The van der Waals surface area contributed by atoms with Gasteiger partial charge in [-0.2, -0.15) is 0 Å². The number of hydrogen-bond donors (Lipinski definition) is 2. The first-order valence-electron chi connectivity index (χ1n) is 9.57. The Labute approximate surface area is 186 Å². The molecule has 0 aliphatic rings. The molecule has 2 N–H and O–H groups in total. The number of para-hydroxylation sites is 1. The van der Waals surface area contributed by atoms with E-state index in [0.29, 0.717) is 27.9 Å². The first-order chi connectivity index (χ1) is 14.1. The fourth-order valence-corrected chi connectivity index (χ4v) is 5.32. The number of aryl methyl sites for hydroxylation is 2. The lowest BCUT2D eigenvalue weighted by atomic mass is 10.1. The smallest absolute Gasteiger partial charge is 0.263 e. The summed E-state index contributed by atoms with van der Waals surface area (Å²) in [7, 11) is -3.86. The van der Waals surface area contributed by atoms with Crippen LogP contribution in [0.15, 0.2) is 41.4 Å². The summed E-state index contributed by atoms with van der Waals surface area (Å²) in [5.74, 6) is 0.464. The molecule has 0 radical (unpaired) electrons. The van der Waals surface area contributed by atoms with Gasteiger partial charge in [-0.05, 0) is 44.9 Å². The Morgan fingerprint density at radius 2 is 1.80 bits per heavy atom. The van der Waals surface area contributed by atoms with E-state index in [1.165, 1.54) is 11.3 Å². The van der Waals surface area contributed by atoms with Crippen LogP contribution in [0.5, 0.6) is 0 Å². The fourth-order valence-electron chi connectivity index (χ4n) is 2.74. The first kappa shape index (κ1) is 22.5. The topological polar surface area (TPSA) is 84.0 Å². The number of nitrogens with zero attached hydrogens (tertiary/aromatic N) is 2. The number of halogens is 1. The van der Waals surface area contributed by atoms with Crippen molar-refractivity contribution >= 4 is 43.8 Å². The lowest BCUT2D eigenvalue weighted by Gasteiger charge is -2.16. The molecule has 6 nitrogen and oxygen atoms in total. The Morgan fingerprint density at radius 3 is 2.47 bits per heavy atom. The molecular weight excluding hydrogens is 440 g/mol. The minimum absolute atomic E-state index is 0.109. The Morgan fingerprint density at radius 1 is 1.10 bits per heavy atom. The van der Waals surface area contributed by atoms with Crippen LogP contribution in [0.3, 0.4) is 0 Å². The van der Waals surface area contributed by atoms with Gasteiger partial charge in [-0.1, -0.05) is 48.9 Å². The average molecular weight is 465 g/mol. The molecule has 0 aliphatic carbocycles. The van der Waals surface area contributed by atoms with Crippen molar-refractivity contribution in [1.82, 2.24) is 9.97 Å². The number of sulfonamides is 1. The summed E-state index contributed by atoms with van der Waals surface area (Å²) >= 11 is 7.61. The fraction of sp³-hybridized carbons (Fsp3) is 0.333. The van der Waals surface area contributed by atoms with Crippen LogP contribution in [0.4, 0.5) is 10.8 Å². The Balaban J connectivity index is 1.96. The second-order valence-corrected chi connectivity index (χ2v) is 10.6. The van der Waals surface area contributed by atoms with Crippen molar-refractivity contribution < 1.29 is 8.42 Å². The summed E-state index contributed by atoms with van der Waals surface area (Å²) in [6, 6.07) is 8.62. The molecule has 1 unspecified atom stereocenters. The second-order valence-electron chi connectivity index (χ2n) is 7.50. The number of hydrogen-bond acceptors (Lipinski definition) is 6. The zero-order valence-electron chi connectivity index (χ0n) is 17.5. The van der Waals surface area contributed by atoms with Crippen LogP contribution < -0.4 is 10.0 Å². The molecule has 0 aliphatic heterocycles. The largest absolute Gasteiger partial charge is 0.359 e. The first-order valence-corrected chi connectivity index (χ1v) is 12.2. The number of nitrogens with one attached hydrogen (secondary N) is 2. The molecule has 0 fully saturated rings. The summed E-state index contributed by atoms with van der Waals surface area (Å²) in [5, 5.41) is 4.55. The number of anilines is 2. The van der Waals surface area contributed by atoms with Crippen LogP contribution in [0.2, 0.25) is 5.02 Å². The van der Waals surface area contributed by atoms with Crippen molar-refractivity contribution in [2.75, 3.05) is 10.0 Å². The Kier molecular flexibility index (Phi) is 6.69. The van der Waals surface area contributed by atoms with E-state index in [1.807, 2.05) is 6.92 Å². The van der Waals surface area contributed by atoms with Gasteiger partial charge in [0.15, 0.2) is 5.13 Å². The van der Waals surface area contributed by atoms with Crippen molar-refractivity contribution in [2.24, 2.45) is 5.92 Å². The molecular formula is C21H25ClN4O2S2. The van der Waals surface area contributed by atoms with Gasteiger partial charge in [-0.25, -0.2) is 13.4 Å². The molecule has 0 saturated heterocycles. The zero-order valence-corrected chi connectivity index (χ0v) is 19.9. The second kappa shape index (κ2) is 8.91. The van der Waals surface area contributed by atoms with Crippen molar-refractivity contribution in [1.29, 1.82) is 0 Å². The minimum atomic E-state index is -3.86. The summed E-state index contributed by atoms with van der Waals surface area (Å²) in [5.41, 5.74) is 2.27. The number of rotatable bonds is 7. The van der Waals surface area contributed by atoms with Crippen LogP contribution in [-0.2, 0) is 10.0 Å². The van der Waals surface area contributed by atoms with E-state index >= 15 is 0 Å². The van der Waals surface area contributed by atoms with Gasteiger partial charge in [0.25, 0.3) is 10.0 Å². The van der Waals surface area contributed by atoms with E-state index in [2.05, 4.69) is 40.8 Å². The van der Waals surface area contributed by atoms with Crippen molar-refractivity contribution in [2.45, 2.75) is 45.6 Å². The van der Waals surface area contributed by atoms with E-state index < -0.39 is 10.0 Å². The highest BCUT2D eigenvalue weighted by Gasteiger charge is 2.22. The standard InChI is InChI=1S/C21H25ClN4O2S2/c1-12(2)13(3)24-21-25-15(5)20(29-21)16-10-19(14(4)23-11-16)30(27,28)26-18-9-7-6-8-17(18)22/h6-13,26H,1-5H3,(H,24,25). The van der Waals surface area contributed by atoms with Gasteiger partial charge >= 0.3 is 0 Å². The van der Waals surface area contributed by atoms with E-state index in [9.17, 15) is 8.42 Å². The molecule has 1 atom stereocenters. The van der Waals surface area contributed by atoms with E-state index in [-0.39, 0.29) is 10.9 Å². The van der Waals surface area contributed by atoms with Crippen LogP contribution >= 0.6 is 22.9 Å². The predicted molar refractivity (Wildman–Crippen MR) is 125 cm³/mol. The van der Waals surface area contributed by atoms with Gasteiger partial charge in [0, 0.05) is 17.8 Å². The number of benzene rings is 1. The maximum absolute atomic E-state index is 13.0. The molecule has 3 rings (SSSR count). The zero-order chi connectivity index (χ0) is 22.1. The molecule has 0 saturated carbocycles. The quantitative estimate of drug-likeness (QED) is 0.466. The minimum Gasteiger partial charge on any atom is -0.359 e. The molecule has 0 bridgehead atoms. The maximum atomic E-state index is 13.0. The number of aromatic nitrogens is 2. The van der Waals surface area contributed by atoms with Crippen molar-refractivity contribution in [3.63, 3.8) is 0 Å². The molecule has 9 heteroatoms. The van der Waals surface area contributed by atoms with Crippen LogP contribution in [0.1, 0.15) is 32.2 Å². The van der Waals surface area contributed by atoms with Crippen LogP contribution in [0, 0.1) is 19.8 Å².